The molecule has 0 unspecified atom stereocenters. The Balaban J connectivity index is 1.98. The summed E-state index contributed by atoms with van der Waals surface area (Å²) in [7, 11) is 1.63. The number of nitrogens with one attached hydrogen (secondary N) is 1. The number of carbonyl (C=O) groups excluding carboxylic acids is 1. The number of furan rings is 1. The zero-order chi connectivity index (χ0) is 17.3. The SMILES string of the molecule is COc1c(/C(C)=C/C(=O)NC2=NCCS2)cc2c(C)coc2c1C. The van der Waals surface area contributed by atoms with Crippen LogP contribution in [0.15, 0.2) is 27.8 Å². The summed E-state index contributed by atoms with van der Waals surface area (Å²) in [6.07, 6.45) is 3.32. The summed E-state index contributed by atoms with van der Waals surface area (Å²) >= 11 is 1.56. The van der Waals surface area contributed by atoms with Crippen LogP contribution >= 0.6 is 11.8 Å². The Labute approximate surface area is 145 Å². The van der Waals surface area contributed by atoms with Gasteiger partial charge in [-0.2, -0.15) is 0 Å². The molecule has 0 saturated carbocycles. The Bertz CT molecular complexity index is 865. The molecule has 0 spiro atoms. The van der Waals surface area contributed by atoms with E-state index in [0.717, 1.165) is 51.3 Å². The molecule has 0 saturated heterocycles. The number of benzene rings is 1. The maximum Gasteiger partial charge on any atom is 0.250 e. The standard InChI is InChI=1S/C18H20N2O3S/c1-10(7-15(21)20-18-19-5-6-24-18)13-8-14-11(2)9-23-17(14)12(3)16(13)22-4/h7-9H,5-6H2,1-4H3,(H,19,20,21)/b10-7+. The van der Waals surface area contributed by atoms with Crippen molar-refractivity contribution in [2.45, 2.75) is 20.8 Å². The van der Waals surface area contributed by atoms with Crippen LogP contribution in [-0.4, -0.2) is 30.5 Å². The van der Waals surface area contributed by atoms with Crippen LogP contribution in [0.4, 0.5) is 0 Å². The van der Waals surface area contributed by atoms with E-state index in [4.69, 9.17) is 9.15 Å². The van der Waals surface area contributed by atoms with Gasteiger partial charge in [0.05, 0.1) is 19.9 Å². The number of fused-ring (bicyclic) bond motifs is 1. The smallest absolute Gasteiger partial charge is 0.250 e. The molecule has 3 rings (SSSR count). The highest BCUT2D eigenvalue weighted by Crippen LogP contribution is 2.37. The molecule has 0 atom stereocenters. The van der Waals surface area contributed by atoms with E-state index >= 15 is 0 Å². The highest BCUT2D eigenvalue weighted by Gasteiger charge is 2.17. The van der Waals surface area contributed by atoms with Crippen molar-refractivity contribution in [2.75, 3.05) is 19.4 Å². The van der Waals surface area contributed by atoms with Crippen molar-refractivity contribution in [3.05, 3.63) is 35.1 Å². The molecular formula is C18H20N2O3S. The van der Waals surface area contributed by atoms with E-state index in [1.54, 1.807) is 31.2 Å². The topological polar surface area (TPSA) is 63.8 Å². The number of ether oxygens (including phenoxy) is 1. The van der Waals surface area contributed by atoms with Gasteiger partial charge in [-0.1, -0.05) is 11.8 Å². The summed E-state index contributed by atoms with van der Waals surface area (Å²) in [5, 5.41) is 4.54. The fourth-order valence-electron chi connectivity index (χ4n) is 2.82. The highest BCUT2D eigenvalue weighted by atomic mass is 32.2. The molecule has 24 heavy (non-hydrogen) atoms. The minimum absolute atomic E-state index is 0.177. The number of amidine groups is 1. The van der Waals surface area contributed by atoms with E-state index in [2.05, 4.69) is 10.3 Å². The second kappa shape index (κ2) is 6.73. The Morgan fingerprint density at radius 1 is 1.46 bits per heavy atom. The lowest BCUT2D eigenvalue weighted by atomic mass is 9.98. The first-order chi connectivity index (χ1) is 11.5. The second-order valence-corrected chi connectivity index (χ2v) is 6.81. The number of thioether (sulfide) groups is 1. The first kappa shape index (κ1) is 16.6. The molecule has 0 aliphatic carbocycles. The predicted octanol–water partition coefficient (Wildman–Crippen LogP) is 3.68. The number of rotatable bonds is 3. The number of aryl methyl sites for hydroxylation is 2. The van der Waals surface area contributed by atoms with Crippen LogP contribution in [0.2, 0.25) is 0 Å². The summed E-state index contributed by atoms with van der Waals surface area (Å²) in [5.41, 5.74) is 4.54. The number of nitrogens with zero attached hydrogens (tertiary/aromatic N) is 1. The molecule has 1 aliphatic heterocycles. The van der Waals surface area contributed by atoms with E-state index < -0.39 is 0 Å². The molecule has 2 heterocycles. The molecule has 1 N–H and O–H groups in total. The molecule has 1 aromatic heterocycles. The number of allylic oxidation sites excluding steroid dienone is 1. The number of methoxy groups -OCH3 is 1. The van der Waals surface area contributed by atoms with Crippen molar-refractivity contribution in [2.24, 2.45) is 4.99 Å². The quantitative estimate of drug-likeness (QED) is 0.863. The monoisotopic (exact) mass is 344 g/mol. The Kier molecular flexibility index (Phi) is 4.66. The van der Waals surface area contributed by atoms with Crippen molar-refractivity contribution in [3.8, 4) is 5.75 Å². The largest absolute Gasteiger partial charge is 0.496 e. The first-order valence-corrected chi connectivity index (χ1v) is 8.72. The van der Waals surface area contributed by atoms with Gasteiger partial charge in [0.2, 0.25) is 5.91 Å². The van der Waals surface area contributed by atoms with Crippen LogP contribution in [0.25, 0.3) is 16.5 Å². The minimum atomic E-state index is -0.177. The lowest BCUT2D eigenvalue weighted by Gasteiger charge is -2.13. The first-order valence-electron chi connectivity index (χ1n) is 7.73. The van der Waals surface area contributed by atoms with Crippen LogP contribution in [-0.2, 0) is 4.79 Å². The molecule has 2 aromatic rings. The van der Waals surface area contributed by atoms with E-state index in [1.165, 1.54) is 0 Å². The highest BCUT2D eigenvalue weighted by molar-refractivity contribution is 8.14. The molecule has 1 aliphatic rings. The summed E-state index contributed by atoms with van der Waals surface area (Å²) in [4.78, 5) is 16.4. The fourth-order valence-corrected chi connectivity index (χ4v) is 3.55. The molecule has 1 amide bonds. The lowest BCUT2D eigenvalue weighted by Crippen LogP contribution is -2.25. The average molecular weight is 344 g/mol. The van der Waals surface area contributed by atoms with Gasteiger partial charge in [0.15, 0.2) is 5.17 Å². The number of carbonyl (C=O) groups is 1. The third kappa shape index (κ3) is 3.06. The number of hydrogen-bond acceptors (Lipinski definition) is 5. The van der Waals surface area contributed by atoms with Gasteiger partial charge in [-0.3, -0.25) is 9.79 Å². The van der Waals surface area contributed by atoms with E-state index in [1.807, 2.05) is 26.8 Å². The van der Waals surface area contributed by atoms with Crippen LogP contribution in [0, 0.1) is 13.8 Å². The number of amides is 1. The number of hydrogen-bond donors (Lipinski definition) is 1. The van der Waals surface area contributed by atoms with Gasteiger partial charge in [-0.05, 0) is 38.0 Å². The minimum Gasteiger partial charge on any atom is -0.496 e. The van der Waals surface area contributed by atoms with Crippen molar-refractivity contribution in [3.63, 3.8) is 0 Å². The molecule has 0 radical (unpaired) electrons. The van der Waals surface area contributed by atoms with Gasteiger partial charge in [0.25, 0.3) is 0 Å². The zero-order valence-electron chi connectivity index (χ0n) is 14.2. The maximum atomic E-state index is 12.2. The summed E-state index contributed by atoms with van der Waals surface area (Å²) < 4.78 is 11.2. The van der Waals surface area contributed by atoms with Crippen LogP contribution in [0.1, 0.15) is 23.6 Å². The molecule has 0 bridgehead atoms. The van der Waals surface area contributed by atoms with Gasteiger partial charge >= 0.3 is 0 Å². The van der Waals surface area contributed by atoms with Crippen LogP contribution in [0.5, 0.6) is 5.75 Å². The van der Waals surface area contributed by atoms with Gasteiger partial charge in [-0.15, -0.1) is 0 Å². The summed E-state index contributed by atoms with van der Waals surface area (Å²) in [6, 6.07) is 2.01. The summed E-state index contributed by atoms with van der Waals surface area (Å²) in [5.74, 6) is 1.47. The van der Waals surface area contributed by atoms with Crippen molar-refractivity contribution in [1.82, 2.24) is 5.32 Å². The maximum absolute atomic E-state index is 12.2. The molecule has 1 aromatic carbocycles. The molecule has 126 valence electrons. The van der Waals surface area contributed by atoms with Crippen molar-refractivity contribution < 1.29 is 13.9 Å². The Morgan fingerprint density at radius 3 is 2.92 bits per heavy atom. The third-order valence-corrected chi connectivity index (χ3v) is 4.92. The van der Waals surface area contributed by atoms with Crippen LogP contribution < -0.4 is 10.1 Å². The van der Waals surface area contributed by atoms with E-state index in [0.29, 0.717) is 5.17 Å². The number of aliphatic imine (C=N–C) groups is 1. The molecule has 6 heteroatoms. The average Bonchev–Trinajstić information content (AvgIpc) is 3.17. The van der Waals surface area contributed by atoms with Gasteiger partial charge < -0.3 is 14.5 Å². The Hall–Kier alpha value is -2.21. The second-order valence-electron chi connectivity index (χ2n) is 5.73. The Morgan fingerprint density at radius 2 is 2.25 bits per heavy atom. The molecule has 0 fully saturated rings. The van der Waals surface area contributed by atoms with Gasteiger partial charge in [0.1, 0.15) is 11.3 Å². The predicted molar refractivity (Wildman–Crippen MR) is 98.8 cm³/mol. The zero-order valence-corrected chi connectivity index (χ0v) is 15.0. The molecule has 5 nitrogen and oxygen atoms in total. The fraction of sp³-hybridized carbons (Fsp3) is 0.333. The summed E-state index contributed by atoms with van der Waals surface area (Å²) in [6.45, 7) is 6.63. The van der Waals surface area contributed by atoms with Crippen molar-refractivity contribution in [1.29, 1.82) is 0 Å². The van der Waals surface area contributed by atoms with Crippen molar-refractivity contribution >= 4 is 39.4 Å². The normalized spacial score (nSPS) is 14.8. The van der Waals surface area contributed by atoms with Gasteiger partial charge in [-0.25, -0.2) is 0 Å². The van der Waals surface area contributed by atoms with E-state index in [-0.39, 0.29) is 5.91 Å². The van der Waals surface area contributed by atoms with Crippen LogP contribution in [0.3, 0.4) is 0 Å². The van der Waals surface area contributed by atoms with E-state index in [9.17, 15) is 4.79 Å². The van der Waals surface area contributed by atoms with Gasteiger partial charge in [0, 0.05) is 28.3 Å². The lowest BCUT2D eigenvalue weighted by molar-refractivity contribution is -0.115. The molecular weight excluding hydrogens is 324 g/mol. The third-order valence-electron chi connectivity index (χ3n) is 4.03.